The average Bonchev–Trinajstić information content (AvgIpc) is 2.90. The molecule has 1 aromatic carbocycles. The maximum atomic E-state index is 12.0. The number of rotatable bonds is 5. The molecule has 0 spiro atoms. The van der Waals surface area contributed by atoms with Crippen LogP contribution in [0.25, 0.3) is 0 Å². The molecule has 0 saturated carbocycles. The Hall–Kier alpha value is -1.63. The van der Waals surface area contributed by atoms with Crippen LogP contribution < -0.4 is 10.5 Å². The highest BCUT2D eigenvalue weighted by Gasteiger charge is 2.14. The number of nitrogens with two attached hydrogens (primary N) is 1. The molecule has 0 aliphatic rings. The second-order valence-electron chi connectivity index (χ2n) is 3.76. The molecule has 1 heterocycles. The minimum absolute atomic E-state index is 0.127. The van der Waals surface area contributed by atoms with Gasteiger partial charge in [-0.1, -0.05) is 12.1 Å². The van der Waals surface area contributed by atoms with E-state index in [9.17, 15) is 8.42 Å². The molecule has 2 aromatic rings. The standard InChI is InChI=1S/C12H14N2O3S/c13-8-10-3-1-5-12(7-10)18(15,16)14-9-11-4-2-6-17-11/h1-7,14H,8-9,13H2. The van der Waals surface area contributed by atoms with Crippen molar-refractivity contribution in [1.29, 1.82) is 0 Å². The molecule has 96 valence electrons. The minimum atomic E-state index is -3.53. The zero-order chi connectivity index (χ0) is 13.0. The van der Waals surface area contributed by atoms with Crippen LogP contribution in [0.15, 0.2) is 52.0 Å². The molecule has 0 unspecified atom stereocenters. The number of sulfonamides is 1. The highest BCUT2D eigenvalue weighted by atomic mass is 32.2. The van der Waals surface area contributed by atoms with E-state index in [1.807, 2.05) is 0 Å². The van der Waals surface area contributed by atoms with Gasteiger partial charge in [-0.25, -0.2) is 13.1 Å². The van der Waals surface area contributed by atoms with Crippen LogP contribution in [0.3, 0.4) is 0 Å². The van der Waals surface area contributed by atoms with E-state index in [0.717, 1.165) is 5.56 Å². The van der Waals surface area contributed by atoms with Gasteiger partial charge in [-0.15, -0.1) is 0 Å². The smallest absolute Gasteiger partial charge is 0.240 e. The summed E-state index contributed by atoms with van der Waals surface area (Å²) in [5.41, 5.74) is 6.26. The summed E-state index contributed by atoms with van der Waals surface area (Å²) in [7, 11) is -3.53. The molecule has 6 heteroatoms. The fraction of sp³-hybridized carbons (Fsp3) is 0.167. The molecule has 0 aliphatic carbocycles. The van der Waals surface area contributed by atoms with Gasteiger partial charge in [0, 0.05) is 6.54 Å². The SMILES string of the molecule is NCc1cccc(S(=O)(=O)NCc2ccco2)c1. The third-order valence-corrected chi connectivity index (χ3v) is 3.86. The highest BCUT2D eigenvalue weighted by molar-refractivity contribution is 7.89. The molecule has 18 heavy (non-hydrogen) atoms. The van der Waals surface area contributed by atoms with Gasteiger partial charge in [-0.05, 0) is 29.8 Å². The van der Waals surface area contributed by atoms with Gasteiger partial charge in [0.2, 0.25) is 10.0 Å². The second-order valence-corrected chi connectivity index (χ2v) is 5.52. The predicted molar refractivity (Wildman–Crippen MR) is 67.1 cm³/mol. The molecule has 3 N–H and O–H groups in total. The molecule has 0 aliphatic heterocycles. The molecule has 1 aromatic heterocycles. The Morgan fingerprint density at radius 3 is 2.72 bits per heavy atom. The van der Waals surface area contributed by atoms with Crippen molar-refractivity contribution in [3.8, 4) is 0 Å². The Labute approximate surface area is 106 Å². The number of nitrogens with one attached hydrogen (secondary N) is 1. The summed E-state index contributed by atoms with van der Waals surface area (Å²) in [5, 5.41) is 0. The second kappa shape index (κ2) is 5.34. The van der Waals surface area contributed by atoms with Crippen molar-refractivity contribution in [2.75, 3.05) is 0 Å². The Morgan fingerprint density at radius 1 is 1.22 bits per heavy atom. The van der Waals surface area contributed by atoms with Gasteiger partial charge in [0.25, 0.3) is 0 Å². The molecule has 2 rings (SSSR count). The molecular formula is C12H14N2O3S. The van der Waals surface area contributed by atoms with Crippen LogP contribution in [0.2, 0.25) is 0 Å². The molecular weight excluding hydrogens is 252 g/mol. The van der Waals surface area contributed by atoms with Crippen molar-refractivity contribution < 1.29 is 12.8 Å². The predicted octanol–water partition coefficient (Wildman–Crippen LogP) is 1.22. The first kappa shape index (κ1) is 12.8. The van der Waals surface area contributed by atoms with E-state index in [1.54, 1.807) is 30.3 Å². The lowest BCUT2D eigenvalue weighted by Gasteiger charge is -2.06. The number of benzene rings is 1. The van der Waals surface area contributed by atoms with Crippen LogP contribution in [-0.4, -0.2) is 8.42 Å². The topological polar surface area (TPSA) is 85.3 Å². The summed E-state index contributed by atoms with van der Waals surface area (Å²) in [5.74, 6) is 0.563. The maximum absolute atomic E-state index is 12.0. The first-order chi connectivity index (χ1) is 8.62. The molecule has 0 amide bonds. The Kier molecular flexibility index (Phi) is 3.81. The van der Waals surface area contributed by atoms with Crippen LogP contribution >= 0.6 is 0 Å². The van der Waals surface area contributed by atoms with Gasteiger partial charge in [0.1, 0.15) is 5.76 Å². The molecule has 0 radical (unpaired) electrons. The zero-order valence-corrected chi connectivity index (χ0v) is 10.5. The van der Waals surface area contributed by atoms with Gasteiger partial charge in [0.15, 0.2) is 0 Å². The van der Waals surface area contributed by atoms with E-state index in [0.29, 0.717) is 12.3 Å². The van der Waals surface area contributed by atoms with Gasteiger partial charge in [-0.2, -0.15) is 0 Å². The average molecular weight is 266 g/mol. The van der Waals surface area contributed by atoms with Crippen LogP contribution in [-0.2, 0) is 23.1 Å². The summed E-state index contributed by atoms with van der Waals surface area (Å²) in [6, 6.07) is 9.96. The van der Waals surface area contributed by atoms with Crippen molar-refractivity contribution in [2.45, 2.75) is 18.0 Å². The molecule has 0 atom stereocenters. The van der Waals surface area contributed by atoms with E-state index in [2.05, 4.69) is 4.72 Å². The Morgan fingerprint density at radius 2 is 2.06 bits per heavy atom. The van der Waals surface area contributed by atoms with E-state index in [-0.39, 0.29) is 11.4 Å². The normalized spacial score (nSPS) is 11.6. The van der Waals surface area contributed by atoms with Crippen LogP contribution in [0, 0.1) is 0 Å². The lowest BCUT2D eigenvalue weighted by atomic mass is 10.2. The van der Waals surface area contributed by atoms with E-state index in [4.69, 9.17) is 10.2 Å². The number of hydrogen-bond donors (Lipinski definition) is 2. The lowest BCUT2D eigenvalue weighted by Crippen LogP contribution is -2.23. The summed E-state index contributed by atoms with van der Waals surface area (Å²) in [6.07, 6.45) is 1.50. The van der Waals surface area contributed by atoms with Crippen LogP contribution in [0.5, 0.6) is 0 Å². The van der Waals surface area contributed by atoms with Crippen molar-refractivity contribution in [1.82, 2.24) is 4.72 Å². The maximum Gasteiger partial charge on any atom is 0.240 e. The molecule has 0 bridgehead atoms. The van der Waals surface area contributed by atoms with Crippen LogP contribution in [0.1, 0.15) is 11.3 Å². The van der Waals surface area contributed by atoms with Crippen molar-refractivity contribution in [3.63, 3.8) is 0 Å². The van der Waals surface area contributed by atoms with Crippen molar-refractivity contribution in [3.05, 3.63) is 54.0 Å². The molecule has 0 fully saturated rings. The zero-order valence-electron chi connectivity index (χ0n) is 9.67. The van der Waals surface area contributed by atoms with Crippen LogP contribution in [0.4, 0.5) is 0 Å². The van der Waals surface area contributed by atoms with E-state index >= 15 is 0 Å². The Bertz CT molecular complexity index is 606. The first-order valence-corrected chi connectivity index (χ1v) is 6.91. The van der Waals surface area contributed by atoms with Gasteiger partial charge >= 0.3 is 0 Å². The third-order valence-electron chi connectivity index (χ3n) is 2.46. The van der Waals surface area contributed by atoms with Gasteiger partial charge < -0.3 is 10.2 Å². The van der Waals surface area contributed by atoms with Crippen molar-refractivity contribution in [2.24, 2.45) is 5.73 Å². The fourth-order valence-electron chi connectivity index (χ4n) is 1.50. The summed E-state index contributed by atoms with van der Waals surface area (Å²) in [4.78, 5) is 0.206. The monoisotopic (exact) mass is 266 g/mol. The molecule has 0 saturated heterocycles. The third kappa shape index (κ3) is 2.98. The highest BCUT2D eigenvalue weighted by Crippen LogP contribution is 2.12. The fourth-order valence-corrected chi connectivity index (χ4v) is 2.57. The summed E-state index contributed by atoms with van der Waals surface area (Å²) >= 11 is 0. The summed E-state index contributed by atoms with van der Waals surface area (Å²) in [6.45, 7) is 0.434. The van der Waals surface area contributed by atoms with Crippen molar-refractivity contribution >= 4 is 10.0 Å². The molecule has 5 nitrogen and oxygen atoms in total. The quantitative estimate of drug-likeness (QED) is 0.852. The largest absolute Gasteiger partial charge is 0.468 e. The van der Waals surface area contributed by atoms with E-state index < -0.39 is 10.0 Å². The Balaban J connectivity index is 2.14. The van der Waals surface area contributed by atoms with Gasteiger partial charge in [0.05, 0.1) is 17.7 Å². The lowest BCUT2D eigenvalue weighted by molar-refractivity contribution is 0.498. The van der Waals surface area contributed by atoms with Gasteiger partial charge in [-0.3, -0.25) is 0 Å². The first-order valence-electron chi connectivity index (χ1n) is 5.43. The van der Waals surface area contributed by atoms with E-state index in [1.165, 1.54) is 12.3 Å². The number of furan rings is 1. The summed E-state index contributed by atoms with van der Waals surface area (Å²) < 4.78 is 31.5. The minimum Gasteiger partial charge on any atom is -0.468 e. The number of hydrogen-bond acceptors (Lipinski definition) is 4.